The SMILES string of the molecule is COCCOCCCC1(C#N)CCCCC1. The van der Waals surface area contributed by atoms with Crippen LogP contribution in [-0.4, -0.2) is 26.9 Å². The zero-order valence-corrected chi connectivity index (χ0v) is 10.3. The Hall–Kier alpha value is -0.590. The van der Waals surface area contributed by atoms with Crippen LogP contribution in [0.3, 0.4) is 0 Å². The summed E-state index contributed by atoms with van der Waals surface area (Å²) in [6, 6.07) is 2.54. The normalized spacial score (nSPS) is 19.2. The fourth-order valence-electron chi connectivity index (χ4n) is 2.40. The number of nitriles is 1. The molecule has 1 saturated carbocycles. The van der Waals surface area contributed by atoms with Crippen LogP contribution in [0.4, 0.5) is 0 Å². The van der Waals surface area contributed by atoms with Gasteiger partial charge in [0.2, 0.25) is 0 Å². The van der Waals surface area contributed by atoms with Crippen molar-refractivity contribution < 1.29 is 9.47 Å². The number of ether oxygens (including phenoxy) is 2. The van der Waals surface area contributed by atoms with Crippen molar-refractivity contribution in [2.75, 3.05) is 26.9 Å². The lowest BCUT2D eigenvalue weighted by atomic mass is 9.72. The minimum absolute atomic E-state index is 0.0388. The van der Waals surface area contributed by atoms with Crippen molar-refractivity contribution in [1.29, 1.82) is 5.26 Å². The molecule has 0 amide bonds. The molecule has 0 saturated heterocycles. The maximum Gasteiger partial charge on any atom is 0.0700 e. The molecule has 92 valence electrons. The molecule has 0 N–H and O–H groups in total. The van der Waals surface area contributed by atoms with Gasteiger partial charge >= 0.3 is 0 Å². The van der Waals surface area contributed by atoms with Gasteiger partial charge in [0.1, 0.15) is 0 Å². The monoisotopic (exact) mass is 225 g/mol. The largest absolute Gasteiger partial charge is 0.382 e. The van der Waals surface area contributed by atoms with Crippen molar-refractivity contribution >= 4 is 0 Å². The van der Waals surface area contributed by atoms with E-state index in [-0.39, 0.29) is 5.41 Å². The van der Waals surface area contributed by atoms with Crippen molar-refractivity contribution in [3.05, 3.63) is 0 Å². The number of hydrogen-bond acceptors (Lipinski definition) is 3. The molecule has 16 heavy (non-hydrogen) atoms. The van der Waals surface area contributed by atoms with E-state index < -0.39 is 0 Å². The van der Waals surface area contributed by atoms with Crippen LogP contribution in [0, 0.1) is 16.7 Å². The lowest BCUT2D eigenvalue weighted by molar-refractivity contribution is 0.0639. The van der Waals surface area contributed by atoms with Crippen LogP contribution in [0.1, 0.15) is 44.9 Å². The van der Waals surface area contributed by atoms with Gasteiger partial charge in [-0.15, -0.1) is 0 Å². The van der Waals surface area contributed by atoms with E-state index >= 15 is 0 Å². The zero-order chi connectivity index (χ0) is 11.7. The molecule has 0 aliphatic heterocycles. The van der Waals surface area contributed by atoms with Crippen LogP contribution in [0.15, 0.2) is 0 Å². The Labute approximate surface area is 98.7 Å². The standard InChI is InChI=1S/C13H23NO2/c1-15-10-11-16-9-5-8-13(12-14)6-3-2-4-7-13/h2-11H2,1H3. The smallest absolute Gasteiger partial charge is 0.0700 e. The summed E-state index contributed by atoms with van der Waals surface area (Å²) in [5.74, 6) is 0. The molecule has 0 atom stereocenters. The van der Waals surface area contributed by atoms with E-state index in [4.69, 9.17) is 9.47 Å². The molecule has 0 spiro atoms. The Balaban J connectivity index is 2.12. The third-order valence-corrected chi connectivity index (χ3v) is 3.42. The molecule has 0 bridgehead atoms. The fraction of sp³-hybridized carbons (Fsp3) is 0.923. The van der Waals surface area contributed by atoms with Gasteiger partial charge in [-0.25, -0.2) is 0 Å². The quantitative estimate of drug-likeness (QED) is 0.626. The van der Waals surface area contributed by atoms with Gasteiger partial charge in [-0.05, 0) is 25.7 Å². The summed E-state index contributed by atoms with van der Waals surface area (Å²) in [6.45, 7) is 2.08. The van der Waals surface area contributed by atoms with Crippen LogP contribution in [0.2, 0.25) is 0 Å². The van der Waals surface area contributed by atoms with Crippen LogP contribution in [-0.2, 0) is 9.47 Å². The molecule has 1 fully saturated rings. The molecule has 1 aliphatic carbocycles. The molecule has 0 radical (unpaired) electrons. The predicted molar refractivity (Wildman–Crippen MR) is 63.1 cm³/mol. The topological polar surface area (TPSA) is 42.2 Å². The number of rotatable bonds is 7. The van der Waals surface area contributed by atoms with Crippen molar-refractivity contribution in [1.82, 2.24) is 0 Å². The molecule has 0 unspecified atom stereocenters. The van der Waals surface area contributed by atoms with Gasteiger partial charge in [-0.3, -0.25) is 0 Å². The summed E-state index contributed by atoms with van der Waals surface area (Å²) in [4.78, 5) is 0. The van der Waals surface area contributed by atoms with Crippen molar-refractivity contribution in [3.63, 3.8) is 0 Å². The first-order chi connectivity index (χ1) is 7.83. The predicted octanol–water partition coefficient (Wildman–Crippen LogP) is 2.90. The van der Waals surface area contributed by atoms with Gasteiger partial charge in [0.15, 0.2) is 0 Å². The number of nitrogens with zero attached hydrogens (tertiary/aromatic N) is 1. The van der Waals surface area contributed by atoms with Crippen LogP contribution in [0.5, 0.6) is 0 Å². The minimum Gasteiger partial charge on any atom is -0.382 e. The molecule has 0 aromatic heterocycles. The number of methoxy groups -OCH3 is 1. The molecule has 0 heterocycles. The maximum atomic E-state index is 9.27. The van der Waals surface area contributed by atoms with E-state index in [9.17, 15) is 5.26 Å². The molecule has 3 heteroatoms. The Morgan fingerprint density at radius 3 is 2.50 bits per heavy atom. The summed E-state index contributed by atoms with van der Waals surface area (Å²) in [5, 5.41) is 9.27. The van der Waals surface area contributed by atoms with Crippen molar-refractivity contribution in [3.8, 4) is 6.07 Å². The highest BCUT2D eigenvalue weighted by Crippen LogP contribution is 2.39. The van der Waals surface area contributed by atoms with Crippen LogP contribution in [0.25, 0.3) is 0 Å². The van der Waals surface area contributed by atoms with E-state index in [1.54, 1.807) is 7.11 Å². The van der Waals surface area contributed by atoms with Gasteiger partial charge in [-0.1, -0.05) is 19.3 Å². The Kier molecular flexibility index (Phi) is 6.44. The van der Waals surface area contributed by atoms with Gasteiger partial charge in [-0.2, -0.15) is 5.26 Å². The first-order valence-corrected chi connectivity index (χ1v) is 6.31. The Bertz CT molecular complexity index is 216. The lowest BCUT2D eigenvalue weighted by Gasteiger charge is -2.30. The van der Waals surface area contributed by atoms with E-state index in [1.807, 2.05) is 0 Å². The number of hydrogen-bond donors (Lipinski definition) is 0. The molecule has 3 nitrogen and oxygen atoms in total. The van der Waals surface area contributed by atoms with Crippen LogP contribution < -0.4 is 0 Å². The highest BCUT2D eigenvalue weighted by atomic mass is 16.5. The minimum atomic E-state index is -0.0388. The van der Waals surface area contributed by atoms with E-state index in [1.165, 1.54) is 19.3 Å². The van der Waals surface area contributed by atoms with Gasteiger partial charge < -0.3 is 9.47 Å². The molecule has 0 aromatic carbocycles. The lowest BCUT2D eigenvalue weighted by Crippen LogP contribution is -2.22. The van der Waals surface area contributed by atoms with E-state index in [0.717, 1.165) is 32.3 Å². The molecular formula is C13H23NO2. The third-order valence-electron chi connectivity index (χ3n) is 3.42. The second-order valence-electron chi connectivity index (χ2n) is 4.66. The van der Waals surface area contributed by atoms with Crippen molar-refractivity contribution in [2.24, 2.45) is 5.41 Å². The molecular weight excluding hydrogens is 202 g/mol. The highest BCUT2D eigenvalue weighted by molar-refractivity contribution is 5.00. The van der Waals surface area contributed by atoms with E-state index in [2.05, 4.69) is 6.07 Å². The molecule has 1 rings (SSSR count). The Morgan fingerprint density at radius 1 is 1.12 bits per heavy atom. The fourth-order valence-corrected chi connectivity index (χ4v) is 2.40. The first-order valence-electron chi connectivity index (χ1n) is 6.31. The van der Waals surface area contributed by atoms with Gasteiger partial charge in [0.05, 0.1) is 24.7 Å². The summed E-state index contributed by atoms with van der Waals surface area (Å²) >= 11 is 0. The van der Waals surface area contributed by atoms with Crippen LogP contribution >= 0.6 is 0 Å². The average Bonchev–Trinajstić information content (AvgIpc) is 2.35. The molecule has 0 aromatic rings. The summed E-state index contributed by atoms with van der Waals surface area (Å²) < 4.78 is 10.3. The zero-order valence-electron chi connectivity index (χ0n) is 10.3. The third kappa shape index (κ3) is 4.51. The maximum absolute atomic E-state index is 9.27. The summed E-state index contributed by atoms with van der Waals surface area (Å²) in [5.41, 5.74) is -0.0388. The second-order valence-corrected chi connectivity index (χ2v) is 4.66. The Morgan fingerprint density at radius 2 is 1.88 bits per heavy atom. The molecule has 1 aliphatic rings. The van der Waals surface area contributed by atoms with E-state index in [0.29, 0.717) is 13.2 Å². The van der Waals surface area contributed by atoms with Gasteiger partial charge in [0.25, 0.3) is 0 Å². The summed E-state index contributed by atoms with van der Waals surface area (Å²) in [7, 11) is 1.68. The summed E-state index contributed by atoms with van der Waals surface area (Å²) in [6.07, 6.45) is 7.90. The first kappa shape index (κ1) is 13.5. The van der Waals surface area contributed by atoms with Gasteiger partial charge in [0, 0.05) is 13.7 Å². The van der Waals surface area contributed by atoms with Crippen molar-refractivity contribution in [2.45, 2.75) is 44.9 Å². The highest BCUT2D eigenvalue weighted by Gasteiger charge is 2.31. The average molecular weight is 225 g/mol. The second kappa shape index (κ2) is 7.65.